The SMILES string of the molecule is C[Si](C)(C)CCOCn1cc(-c2ccc(F)cc2)c2c(Cl)ncnc21. The summed E-state index contributed by atoms with van der Waals surface area (Å²) in [5, 5.41) is 1.13. The van der Waals surface area contributed by atoms with Crippen LogP contribution in [-0.2, 0) is 11.5 Å². The van der Waals surface area contributed by atoms with Crippen molar-refractivity contribution in [1.82, 2.24) is 14.5 Å². The van der Waals surface area contributed by atoms with Gasteiger partial charge in [0.2, 0.25) is 0 Å². The molecule has 0 unspecified atom stereocenters. The number of fused-ring (bicyclic) bond motifs is 1. The Morgan fingerprint density at radius 2 is 1.88 bits per heavy atom. The molecule has 0 atom stereocenters. The van der Waals surface area contributed by atoms with Gasteiger partial charge in [0.05, 0.1) is 5.39 Å². The summed E-state index contributed by atoms with van der Waals surface area (Å²) in [6, 6.07) is 7.42. The van der Waals surface area contributed by atoms with Gasteiger partial charge in [0, 0.05) is 26.4 Å². The first-order valence-electron chi connectivity index (χ1n) is 8.18. The maximum absolute atomic E-state index is 13.2. The fourth-order valence-corrected chi connectivity index (χ4v) is 3.56. The summed E-state index contributed by atoms with van der Waals surface area (Å²) in [7, 11) is -1.13. The van der Waals surface area contributed by atoms with Gasteiger partial charge in [-0.3, -0.25) is 0 Å². The number of halogens is 2. The Bertz CT molecular complexity index is 874. The summed E-state index contributed by atoms with van der Waals surface area (Å²) < 4.78 is 21.0. The summed E-state index contributed by atoms with van der Waals surface area (Å²) in [6.45, 7) is 8.08. The lowest BCUT2D eigenvalue weighted by atomic mass is 10.1. The van der Waals surface area contributed by atoms with Crippen LogP contribution in [0.1, 0.15) is 0 Å². The van der Waals surface area contributed by atoms with Crippen LogP contribution >= 0.6 is 11.6 Å². The quantitative estimate of drug-likeness (QED) is 0.336. The average Bonchev–Trinajstić information content (AvgIpc) is 2.92. The molecule has 132 valence electrons. The summed E-state index contributed by atoms with van der Waals surface area (Å²) in [5.41, 5.74) is 2.45. The smallest absolute Gasteiger partial charge is 0.147 e. The van der Waals surface area contributed by atoms with E-state index in [0.717, 1.165) is 29.2 Å². The first-order chi connectivity index (χ1) is 11.8. The van der Waals surface area contributed by atoms with Crippen molar-refractivity contribution in [2.75, 3.05) is 6.61 Å². The zero-order valence-electron chi connectivity index (χ0n) is 14.6. The predicted octanol–water partition coefficient (Wildman–Crippen LogP) is 5.20. The summed E-state index contributed by atoms with van der Waals surface area (Å²) in [6.07, 6.45) is 3.38. The van der Waals surface area contributed by atoms with Crippen molar-refractivity contribution < 1.29 is 9.13 Å². The Labute approximate surface area is 152 Å². The fourth-order valence-electron chi connectivity index (χ4n) is 2.57. The molecule has 0 amide bonds. The largest absolute Gasteiger partial charge is 0.361 e. The van der Waals surface area contributed by atoms with Crippen LogP contribution in [0.25, 0.3) is 22.2 Å². The highest BCUT2D eigenvalue weighted by Gasteiger charge is 2.16. The molecule has 4 nitrogen and oxygen atoms in total. The van der Waals surface area contributed by atoms with E-state index in [9.17, 15) is 4.39 Å². The van der Waals surface area contributed by atoms with Gasteiger partial charge in [-0.15, -0.1) is 0 Å². The Morgan fingerprint density at radius 1 is 1.16 bits per heavy atom. The minimum Gasteiger partial charge on any atom is -0.361 e. The number of hydrogen-bond acceptors (Lipinski definition) is 3. The second-order valence-electron chi connectivity index (χ2n) is 7.23. The highest BCUT2D eigenvalue weighted by atomic mass is 35.5. The summed E-state index contributed by atoms with van der Waals surface area (Å²) in [4.78, 5) is 8.44. The van der Waals surface area contributed by atoms with E-state index in [0.29, 0.717) is 17.5 Å². The van der Waals surface area contributed by atoms with E-state index in [4.69, 9.17) is 16.3 Å². The van der Waals surface area contributed by atoms with E-state index in [1.54, 1.807) is 12.1 Å². The molecule has 0 fully saturated rings. The second kappa shape index (κ2) is 7.23. The van der Waals surface area contributed by atoms with Crippen LogP contribution in [0, 0.1) is 5.82 Å². The van der Waals surface area contributed by atoms with Gasteiger partial charge in [-0.1, -0.05) is 43.4 Å². The standard InChI is InChI=1S/C18H21ClFN3OSi/c1-25(2,3)9-8-24-12-23-10-15(13-4-6-14(20)7-5-13)16-17(19)21-11-22-18(16)23/h4-7,10-11H,8-9,12H2,1-3H3. The van der Waals surface area contributed by atoms with E-state index in [-0.39, 0.29) is 5.82 Å². The predicted molar refractivity (Wildman–Crippen MR) is 102 cm³/mol. The molecule has 3 rings (SSSR count). The maximum Gasteiger partial charge on any atom is 0.147 e. The molecule has 0 N–H and O–H groups in total. The molecule has 0 aliphatic carbocycles. The number of rotatable bonds is 6. The lowest BCUT2D eigenvalue weighted by molar-refractivity contribution is 0.0899. The molecule has 0 saturated carbocycles. The van der Waals surface area contributed by atoms with Crippen molar-refractivity contribution in [2.24, 2.45) is 0 Å². The first-order valence-corrected chi connectivity index (χ1v) is 12.3. The molecule has 0 aliphatic heterocycles. The van der Waals surface area contributed by atoms with Gasteiger partial charge in [0.1, 0.15) is 29.7 Å². The second-order valence-corrected chi connectivity index (χ2v) is 13.2. The lowest BCUT2D eigenvalue weighted by Gasteiger charge is -2.15. The van der Waals surface area contributed by atoms with Crippen molar-refractivity contribution in [2.45, 2.75) is 32.4 Å². The topological polar surface area (TPSA) is 39.9 Å². The fraction of sp³-hybridized carbons (Fsp3) is 0.333. The van der Waals surface area contributed by atoms with E-state index in [1.807, 2.05) is 10.8 Å². The molecule has 0 aliphatic rings. The summed E-state index contributed by atoms with van der Waals surface area (Å²) in [5.74, 6) is -0.274. The molecule has 3 aromatic rings. The molecule has 2 aromatic heterocycles. The minimum atomic E-state index is -1.13. The third-order valence-electron chi connectivity index (χ3n) is 3.99. The molecule has 0 radical (unpaired) electrons. The lowest BCUT2D eigenvalue weighted by Crippen LogP contribution is -2.22. The summed E-state index contributed by atoms with van der Waals surface area (Å²) >= 11 is 6.30. The molecule has 2 heterocycles. The third-order valence-corrected chi connectivity index (χ3v) is 5.98. The highest BCUT2D eigenvalue weighted by molar-refractivity contribution is 6.76. The monoisotopic (exact) mass is 377 g/mol. The number of hydrogen-bond donors (Lipinski definition) is 0. The Kier molecular flexibility index (Phi) is 5.22. The Morgan fingerprint density at radius 3 is 2.56 bits per heavy atom. The molecule has 0 saturated heterocycles. The van der Waals surface area contributed by atoms with Crippen LogP contribution in [0.5, 0.6) is 0 Å². The van der Waals surface area contributed by atoms with Gasteiger partial charge in [-0.05, 0) is 23.7 Å². The molecule has 25 heavy (non-hydrogen) atoms. The van der Waals surface area contributed by atoms with Gasteiger partial charge in [-0.25, -0.2) is 14.4 Å². The molecular formula is C18H21ClFN3OSi. The normalized spacial score (nSPS) is 12.0. The van der Waals surface area contributed by atoms with Gasteiger partial charge in [0.25, 0.3) is 0 Å². The molecule has 1 aromatic carbocycles. The van der Waals surface area contributed by atoms with Crippen molar-refractivity contribution >= 4 is 30.7 Å². The van der Waals surface area contributed by atoms with Gasteiger partial charge < -0.3 is 9.30 Å². The first kappa shape index (κ1) is 18.0. The van der Waals surface area contributed by atoms with E-state index in [2.05, 4.69) is 29.6 Å². The van der Waals surface area contributed by atoms with Crippen LogP contribution in [-0.4, -0.2) is 29.2 Å². The van der Waals surface area contributed by atoms with Crippen LogP contribution in [0.2, 0.25) is 30.8 Å². The van der Waals surface area contributed by atoms with E-state index < -0.39 is 8.07 Å². The Balaban J connectivity index is 1.92. The molecular weight excluding hydrogens is 357 g/mol. The maximum atomic E-state index is 13.2. The molecule has 0 bridgehead atoms. The average molecular weight is 378 g/mol. The highest BCUT2D eigenvalue weighted by Crippen LogP contribution is 2.33. The van der Waals surface area contributed by atoms with E-state index >= 15 is 0 Å². The van der Waals surface area contributed by atoms with Crippen LogP contribution in [0.3, 0.4) is 0 Å². The van der Waals surface area contributed by atoms with Crippen LogP contribution in [0.15, 0.2) is 36.8 Å². The molecule has 0 spiro atoms. The molecule has 7 heteroatoms. The zero-order chi connectivity index (χ0) is 18.0. The third kappa shape index (κ3) is 4.26. The number of ether oxygens (including phenoxy) is 1. The van der Waals surface area contributed by atoms with Gasteiger partial charge in [0.15, 0.2) is 0 Å². The van der Waals surface area contributed by atoms with Crippen molar-refractivity contribution in [3.05, 3.63) is 47.8 Å². The zero-order valence-corrected chi connectivity index (χ0v) is 16.3. The van der Waals surface area contributed by atoms with Crippen LogP contribution in [0.4, 0.5) is 4.39 Å². The minimum absolute atomic E-state index is 0.274. The van der Waals surface area contributed by atoms with E-state index in [1.165, 1.54) is 18.5 Å². The van der Waals surface area contributed by atoms with Crippen molar-refractivity contribution in [3.8, 4) is 11.1 Å². The van der Waals surface area contributed by atoms with Crippen molar-refractivity contribution in [1.29, 1.82) is 0 Å². The number of nitrogens with zero attached hydrogens (tertiary/aromatic N) is 3. The number of benzene rings is 1. The Hall–Kier alpha value is -1.76. The van der Waals surface area contributed by atoms with Gasteiger partial charge in [-0.2, -0.15) is 0 Å². The van der Waals surface area contributed by atoms with Gasteiger partial charge >= 0.3 is 0 Å². The van der Waals surface area contributed by atoms with Crippen molar-refractivity contribution in [3.63, 3.8) is 0 Å². The van der Waals surface area contributed by atoms with Crippen LogP contribution < -0.4 is 0 Å². The number of aromatic nitrogens is 3.